The van der Waals surface area contributed by atoms with Gasteiger partial charge in [-0.25, -0.2) is 13.6 Å². The number of carbonyl (C=O) groups is 4. The number of carboxylic acid groups (broad SMARTS) is 1. The third kappa shape index (κ3) is 20.1. The van der Waals surface area contributed by atoms with Crippen molar-refractivity contribution in [1.82, 2.24) is 46.2 Å². The van der Waals surface area contributed by atoms with Crippen molar-refractivity contribution in [2.45, 2.75) is 128 Å². The van der Waals surface area contributed by atoms with E-state index in [-0.39, 0.29) is 28.8 Å². The van der Waals surface area contributed by atoms with Crippen LogP contribution in [0.3, 0.4) is 0 Å². The van der Waals surface area contributed by atoms with Crippen molar-refractivity contribution in [2.75, 3.05) is 26.4 Å². The Labute approximate surface area is 486 Å². The molecule has 19 nitrogen and oxygen atoms in total. The Morgan fingerprint density at radius 2 is 0.976 bits per heavy atom. The monoisotopic (exact) mass is 1160 g/mol. The van der Waals surface area contributed by atoms with Gasteiger partial charge in [0.2, 0.25) is 0 Å². The first-order valence-electron chi connectivity index (χ1n) is 27.0. The second-order valence-electron chi connectivity index (χ2n) is 19.6. The summed E-state index contributed by atoms with van der Waals surface area (Å²) in [6.07, 6.45) is 6.26. The highest BCUT2D eigenvalue weighted by Gasteiger charge is 2.15. The summed E-state index contributed by atoms with van der Waals surface area (Å²) in [7, 11) is 0. The van der Waals surface area contributed by atoms with Gasteiger partial charge in [-0.05, 0) is 210 Å². The van der Waals surface area contributed by atoms with Crippen molar-refractivity contribution < 1.29 is 56.5 Å². The number of aromatic amines is 3. The van der Waals surface area contributed by atoms with E-state index in [1.54, 1.807) is 30.3 Å². The van der Waals surface area contributed by atoms with Crippen LogP contribution < -0.4 is 18.9 Å². The minimum atomic E-state index is -0.913. The molecule has 0 saturated heterocycles. The van der Waals surface area contributed by atoms with Crippen LogP contribution in [0.2, 0.25) is 5.02 Å². The highest BCUT2D eigenvalue weighted by molar-refractivity contribution is 6.32. The van der Waals surface area contributed by atoms with Crippen LogP contribution in [0.5, 0.6) is 23.0 Å². The number of ketones is 3. The SMILES string of the molecule is CC(=O)c1ccc(Cl)c(OCCCc2c(C)n[nH]c2C)c1.CC(=O)c1ccc(F)c(OCCCc2c(C)noc2C)c1.CC(=O)c1ccc(F)c(OCCCc2nn[nH]n2)c1.Cc1cc(C(=O)O)cc(C)c1OCCCc1c(C)n[nH]c1C. The molecule has 0 radical (unpaired) electrons. The second kappa shape index (κ2) is 32.2. The van der Waals surface area contributed by atoms with Crippen molar-refractivity contribution in [3.8, 4) is 23.0 Å². The highest BCUT2D eigenvalue weighted by atomic mass is 35.5. The number of ether oxygens (including phenoxy) is 4. The summed E-state index contributed by atoms with van der Waals surface area (Å²) < 4.78 is 54.4. The molecule has 22 heteroatoms. The topological polar surface area (TPSA) is 263 Å². The van der Waals surface area contributed by atoms with Crippen LogP contribution in [-0.4, -0.2) is 101 Å². The summed E-state index contributed by atoms with van der Waals surface area (Å²) in [5, 5.41) is 41.1. The average Bonchev–Trinajstić information content (AvgIpc) is 4.25. The summed E-state index contributed by atoms with van der Waals surface area (Å²) in [5.41, 5.74) is 12.2. The number of carboxylic acids is 1. The van der Waals surface area contributed by atoms with Gasteiger partial charge in [0.05, 0.1) is 54.1 Å². The molecule has 4 heterocycles. The number of rotatable bonds is 24. The van der Waals surface area contributed by atoms with Crippen molar-refractivity contribution in [3.05, 3.63) is 174 Å². The lowest BCUT2D eigenvalue weighted by molar-refractivity contribution is 0.0695. The summed E-state index contributed by atoms with van der Waals surface area (Å²) in [4.78, 5) is 44.8. The Morgan fingerprint density at radius 1 is 0.542 bits per heavy atom. The average molecular weight is 1160 g/mol. The molecule has 0 amide bonds. The second-order valence-corrected chi connectivity index (χ2v) is 20.0. The van der Waals surface area contributed by atoms with Crippen LogP contribution in [0, 0.1) is 67.0 Å². The molecule has 0 atom stereocenters. The summed E-state index contributed by atoms with van der Waals surface area (Å²) in [6, 6.07) is 16.6. The first-order chi connectivity index (χ1) is 39.5. The summed E-state index contributed by atoms with van der Waals surface area (Å²) in [5.74, 6) is 0.829. The lowest BCUT2D eigenvalue weighted by Gasteiger charge is -2.13. The maximum Gasteiger partial charge on any atom is 0.335 e. The number of hydrogen-bond acceptors (Lipinski definition) is 15. The van der Waals surface area contributed by atoms with Crippen LogP contribution in [0.25, 0.3) is 0 Å². The number of aromatic carboxylic acids is 1. The van der Waals surface area contributed by atoms with E-state index in [4.69, 9.17) is 40.2 Å². The standard InChI is InChI=1S/C17H22N2O3.C16H19ClN2O2.C16H18FNO3.C12H13FN4O2/c1-10-8-14(17(20)21)9-11(2)16(10)22-7-5-6-15-12(3)18-19-13(15)4;1-10-14(11(2)19-18-10)5-4-8-21-16-9-13(12(3)20)6-7-15(16)17;1-10-14(12(3)21-18-10)5-4-8-20-16-9-13(11(2)19)6-7-15(16)17;1-8(18)9-4-5-10(13)11(7-9)19-6-2-3-12-14-16-17-15-12/h8-9H,5-7H2,1-4H3,(H,18,19)(H,20,21);6-7,9H,4-5,8H2,1-3H3,(H,18,19);6-7,9H,4-5,8H2,1-3H3;4-5,7H,2-3,6H2,1H3,(H,14,15,16,17). The van der Waals surface area contributed by atoms with E-state index in [0.717, 1.165) is 88.8 Å². The van der Waals surface area contributed by atoms with Crippen molar-refractivity contribution in [3.63, 3.8) is 0 Å². The van der Waals surface area contributed by atoms with E-state index < -0.39 is 17.6 Å². The van der Waals surface area contributed by atoms with E-state index in [1.807, 2.05) is 55.4 Å². The van der Waals surface area contributed by atoms with E-state index in [1.165, 1.54) is 68.3 Å². The number of nitrogens with one attached hydrogen (secondary N) is 3. The Morgan fingerprint density at radius 3 is 1.39 bits per heavy atom. The quantitative estimate of drug-likeness (QED) is 0.0324. The maximum atomic E-state index is 13.6. The molecule has 4 aromatic carbocycles. The minimum Gasteiger partial charge on any atom is -0.493 e. The van der Waals surface area contributed by atoms with Gasteiger partial charge in [-0.15, -0.1) is 10.2 Å². The van der Waals surface area contributed by atoms with Crippen LogP contribution in [0.4, 0.5) is 8.78 Å². The van der Waals surface area contributed by atoms with Crippen molar-refractivity contribution >= 4 is 34.9 Å². The first-order valence-corrected chi connectivity index (χ1v) is 27.3. The van der Waals surface area contributed by atoms with Gasteiger partial charge in [0.1, 0.15) is 17.3 Å². The van der Waals surface area contributed by atoms with Gasteiger partial charge < -0.3 is 28.6 Å². The fourth-order valence-corrected chi connectivity index (χ4v) is 8.70. The third-order valence-corrected chi connectivity index (χ3v) is 13.4. The number of carbonyl (C=O) groups excluding carboxylic acids is 3. The fourth-order valence-electron chi connectivity index (χ4n) is 8.53. The molecular weight excluding hydrogens is 1090 g/mol. The van der Waals surface area contributed by atoms with Gasteiger partial charge in [-0.1, -0.05) is 22.0 Å². The molecule has 8 aromatic rings. The molecule has 0 bridgehead atoms. The van der Waals surface area contributed by atoms with Gasteiger partial charge in [-0.3, -0.25) is 24.6 Å². The fraction of sp³-hybridized carbons (Fsp3) is 0.377. The molecular formula is C61H72ClF2N9O10. The van der Waals surface area contributed by atoms with Gasteiger partial charge in [0, 0.05) is 40.1 Å². The predicted octanol–water partition coefficient (Wildman–Crippen LogP) is 12.4. The summed E-state index contributed by atoms with van der Waals surface area (Å²) in [6.45, 7) is 21.7. The Balaban J connectivity index is 0.000000203. The van der Waals surface area contributed by atoms with Crippen LogP contribution in [0.15, 0.2) is 71.3 Å². The molecule has 0 unspecified atom stereocenters. The number of tetrazole rings is 1. The zero-order valence-corrected chi connectivity index (χ0v) is 49.5. The van der Waals surface area contributed by atoms with Crippen LogP contribution in [0.1, 0.15) is 156 Å². The van der Waals surface area contributed by atoms with E-state index in [2.05, 4.69) is 46.2 Å². The molecule has 442 valence electrons. The van der Waals surface area contributed by atoms with E-state index in [0.29, 0.717) is 84.5 Å². The zero-order valence-electron chi connectivity index (χ0n) is 48.8. The number of aryl methyl sites for hydroxylation is 9. The molecule has 0 fully saturated rings. The number of halogens is 3. The van der Waals surface area contributed by atoms with Gasteiger partial charge >= 0.3 is 5.97 Å². The Kier molecular flexibility index (Phi) is 25.3. The van der Waals surface area contributed by atoms with Crippen molar-refractivity contribution in [2.24, 2.45) is 0 Å². The molecule has 0 saturated carbocycles. The summed E-state index contributed by atoms with van der Waals surface area (Å²) >= 11 is 6.08. The first kappa shape index (κ1) is 65.2. The largest absolute Gasteiger partial charge is 0.493 e. The maximum absolute atomic E-state index is 13.6. The predicted molar refractivity (Wildman–Crippen MR) is 309 cm³/mol. The van der Waals surface area contributed by atoms with Crippen molar-refractivity contribution in [1.29, 1.82) is 0 Å². The van der Waals surface area contributed by atoms with Gasteiger partial charge in [0.15, 0.2) is 46.3 Å². The highest BCUT2D eigenvalue weighted by Crippen LogP contribution is 2.28. The van der Waals surface area contributed by atoms with Crippen LogP contribution in [-0.2, 0) is 25.7 Å². The minimum absolute atomic E-state index is 0.00108. The smallest absolute Gasteiger partial charge is 0.335 e. The Bertz CT molecular complexity index is 3250. The zero-order chi connectivity index (χ0) is 60.8. The van der Waals surface area contributed by atoms with Gasteiger partial charge in [0.25, 0.3) is 0 Å². The third-order valence-electron chi connectivity index (χ3n) is 13.1. The number of H-pyrrole nitrogens is 3. The number of Topliss-reactive ketones (excluding diaryl/α,β-unsaturated/α-hetero) is 3. The molecule has 0 spiro atoms. The number of hydrogen-bond donors (Lipinski definition) is 4. The van der Waals surface area contributed by atoms with E-state index >= 15 is 0 Å². The molecule has 0 aliphatic rings. The molecule has 0 aliphatic carbocycles. The normalized spacial score (nSPS) is 10.6. The number of aromatic nitrogens is 9. The molecule has 8 rings (SSSR count). The lowest BCUT2D eigenvalue weighted by Crippen LogP contribution is -2.05. The van der Waals surface area contributed by atoms with Crippen LogP contribution >= 0.6 is 11.6 Å². The lowest BCUT2D eigenvalue weighted by atomic mass is 10.1. The molecule has 0 aliphatic heterocycles. The Hall–Kier alpha value is -8.59. The number of benzene rings is 4. The molecule has 83 heavy (non-hydrogen) atoms. The molecule has 4 aromatic heterocycles. The molecule has 4 N–H and O–H groups in total. The number of nitrogens with zero attached hydrogens (tertiary/aromatic N) is 6. The van der Waals surface area contributed by atoms with E-state index in [9.17, 15) is 28.0 Å². The van der Waals surface area contributed by atoms with Gasteiger partial charge in [-0.2, -0.15) is 15.4 Å².